The monoisotopic (exact) mass is 426 g/mol. The van der Waals surface area contributed by atoms with Gasteiger partial charge in [0.1, 0.15) is 5.75 Å². The second kappa shape index (κ2) is 9.47. The molecule has 0 spiro atoms. The lowest BCUT2D eigenvalue weighted by Gasteiger charge is -2.26. The Kier molecular flexibility index (Phi) is 6.52. The van der Waals surface area contributed by atoms with Gasteiger partial charge in [-0.2, -0.15) is 0 Å². The summed E-state index contributed by atoms with van der Waals surface area (Å²) in [6, 6.07) is 18.2. The third kappa shape index (κ3) is 4.92. The van der Waals surface area contributed by atoms with E-state index in [2.05, 4.69) is 4.90 Å². The first kappa shape index (κ1) is 20.7. The molecule has 1 fully saturated rings. The van der Waals surface area contributed by atoms with Gasteiger partial charge in [-0.1, -0.05) is 24.3 Å². The molecule has 0 unspecified atom stereocenters. The number of morpholine rings is 1. The van der Waals surface area contributed by atoms with Crippen LogP contribution in [0.25, 0.3) is 11.1 Å². The highest BCUT2D eigenvalue weighted by Crippen LogP contribution is 2.26. The van der Waals surface area contributed by atoms with E-state index in [1.807, 2.05) is 36.4 Å². The van der Waals surface area contributed by atoms with Gasteiger partial charge in [0.05, 0.1) is 24.7 Å². The van der Waals surface area contributed by atoms with Crippen molar-refractivity contribution in [1.82, 2.24) is 8.87 Å². The van der Waals surface area contributed by atoms with Crippen LogP contribution in [0, 0.1) is 0 Å². The van der Waals surface area contributed by atoms with Gasteiger partial charge in [-0.3, -0.25) is 4.90 Å². The number of benzene rings is 2. The van der Waals surface area contributed by atoms with Gasteiger partial charge in [-0.15, -0.1) is 0 Å². The molecule has 1 aliphatic rings. The van der Waals surface area contributed by atoms with E-state index >= 15 is 0 Å². The molecule has 0 bridgehead atoms. The van der Waals surface area contributed by atoms with E-state index in [1.54, 1.807) is 24.3 Å². The molecule has 4 rings (SSSR count). The fraction of sp³-hybridized carbons (Fsp3) is 0.304. The normalized spacial score (nSPS) is 15.2. The fourth-order valence-corrected chi connectivity index (χ4v) is 4.67. The Hall–Kier alpha value is -2.61. The molecule has 2 heterocycles. The van der Waals surface area contributed by atoms with Gasteiger partial charge in [0.25, 0.3) is 10.0 Å². The maximum atomic E-state index is 12.6. The van der Waals surface area contributed by atoms with E-state index in [9.17, 15) is 8.42 Å². The SMILES string of the molecule is O=S(=O)(c1ccc(-c2cccc(OCCCN3CCOCC3)c2)cc1)n1cccc1. The second-order valence-corrected chi connectivity index (χ2v) is 9.07. The molecule has 1 aromatic heterocycles. The lowest BCUT2D eigenvalue weighted by Crippen LogP contribution is -2.37. The Bertz CT molecular complexity index is 1040. The standard InChI is InChI=1S/C23H26N2O4S/c26-30(27,25-12-1-2-13-25)23-9-7-20(8-10-23)21-5-3-6-22(19-21)29-16-4-11-24-14-17-28-18-15-24/h1-3,5-10,12-13,19H,4,11,14-18H2. The van der Waals surface area contributed by atoms with Crippen molar-refractivity contribution in [2.24, 2.45) is 0 Å². The van der Waals surface area contributed by atoms with Gasteiger partial charge < -0.3 is 9.47 Å². The maximum absolute atomic E-state index is 12.6. The van der Waals surface area contributed by atoms with Crippen molar-refractivity contribution in [2.75, 3.05) is 39.5 Å². The van der Waals surface area contributed by atoms with Crippen molar-refractivity contribution in [3.05, 3.63) is 73.1 Å². The molecule has 158 valence electrons. The largest absolute Gasteiger partial charge is 0.494 e. The molecule has 6 nitrogen and oxygen atoms in total. The van der Waals surface area contributed by atoms with E-state index in [0.717, 1.165) is 56.1 Å². The number of aromatic nitrogens is 1. The van der Waals surface area contributed by atoms with Crippen LogP contribution in [0.5, 0.6) is 5.75 Å². The summed E-state index contributed by atoms with van der Waals surface area (Å²) in [5, 5.41) is 0. The summed E-state index contributed by atoms with van der Waals surface area (Å²) in [5.41, 5.74) is 1.94. The topological polar surface area (TPSA) is 60.8 Å². The molecule has 0 N–H and O–H groups in total. The van der Waals surface area contributed by atoms with Gasteiger partial charge >= 0.3 is 0 Å². The number of ether oxygens (including phenoxy) is 2. The van der Waals surface area contributed by atoms with Gasteiger partial charge in [0.15, 0.2) is 0 Å². The van der Waals surface area contributed by atoms with Crippen LogP contribution in [0.4, 0.5) is 0 Å². The van der Waals surface area contributed by atoms with Crippen molar-refractivity contribution in [3.63, 3.8) is 0 Å². The van der Waals surface area contributed by atoms with Crippen LogP contribution in [0.2, 0.25) is 0 Å². The average Bonchev–Trinajstić information content (AvgIpc) is 3.34. The molecule has 2 aromatic carbocycles. The van der Waals surface area contributed by atoms with Crippen LogP contribution >= 0.6 is 0 Å². The summed E-state index contributed by atoms with van der Waals surface area (Å²) in [5.74, 6) is 0.818. The molecule has 0 amide bonds. The summed E-state index contributed by atoms with van der Waals surface area (Å²) in [6.07, 6.45) is 4.03. The number of nitrogens with zero attached hydrogens (tertiary/aromatic N) is 2. The molecule has 30 heavy (non-hydrogen) atoms. The number of rotatable bonds is 8. The molecule has 0 saturated carbocycles. The van der Waals surface area contributed by atoms with Gasteiger partial charge in [0, 0.05) is 32.0 Å². The smallest absolute Gasteiger partial charge is 0.267 e. The Labute approximate surface area is 177 Å². The molecule has 0 atom stereocenters. The first-order valence-corrected chi connectivity index (χ1v) is 11.6. The molecule has 1 saturated heterocycles. The van der Waals surface area contributed by atoms with Crippen molar-refractivity contribution in [3.8, 4) is 16.9 Å². The molecule has 7 heteroatoms. The zero-order valence-electron chi connectivity index (χ0n) is 16.8. The van der Waals surface area contributed by atoms with Crippen molar-refractivity contribution >= 4 is 10.0 Å². The van der Waals surface area contributed by atoms with E-state index < -0.39 is 10.0 Å². The first-order chi connectivity index (χ1) is 14.6. The van der Waals surface area contributed by atoms with Gasteiger partial charge in [-0.25, -0.2) is 12.4 Å². The van der Waals surface area contributed by atoms with E-state index in [1.165, 1.54) is 16.4 Å². The Morgan fingerprint density at radius 3 is 2.37 bits per heavy atom. The Morgan fingerprint density at radius 2 is 1.63 bits per heavy atom. The Morgan fingerprint density at radius 1 is 0.900 bits per heavy atom. The van der Waals surface area contributed by atoms with Crippen LogP contribution in [-0.4, -0.2) is 56.7 Å². The van der Waals surface area contributed by atoms with Crippen LogP contribution < -0.4 is 4.74 Å². The lowest BCUT2D eigenvalue weighted by molar-refractivity contribution is 0.0358. The van der Waals surface area contributed by atoms with Gasteiger partial charge in [0.2, 0.25) is 0 Å². The average molecular weight is 427 g/mol. The van der Waals surface area contributed by atoms with Crippen molar-refractivity contribution in [2.45, 2.75) is 11.3 Å². The summed E-state index contributed by atoms with van der Waals surface area (Å²) in [6.45, 7) is 5.29. The summed E-state index contributed by atoms with van der Waals surface area (Å²) in [4.78, 5) is 2.66. The molecule has 1 aliphatic heterocycles. The Balaban J connectivity index is 1.37. The van der Waals surface area contributed by atoms with Gasteiger partial charge in [-0.05, 0) is 53.9 Å². The third-order valence-corrected chi connectivity index (χ3v) is 6.83. The number of hydrogen-bond acceptors (Lipinski definition) is 5. The van der Waals surface area contributed by atoms with Crippen molar-refractivity contribution < 1.29 is 17.9 Å². The molecular weight excluding hydrogens is 400 g/mol. The van der Waals surface area contributed by atoms with E-state index in [-0.39, 0.29) is 4.90 Å². The first-order valence-electron chi connectivity index (χ1n) is 10.1. The highest BCUT2D eigenvalue weighted by atomic mass is 32.2. The van der Waals surface area contributed by atoms with E-state index in [4.69, 9.17) is 9.47 Å². The number of hydrogen-bond donors (Lipinski definition) is 0. The van der Waals surface area contributed by atoms with Crippen LogP contribution in [0.15, 0.2) is 78.0 Å². The molecular formula is C23H26N2O4S. The summed E-state index contributed by atoms with van der Waals surface area (Å²) >= 11 is 0. The predicted molar refractivity (Wildman–Crippen MR) is 116 cm³/mol. The summed E-state index contributed by atoms with van der Waals surface area (Å²) < 4.78 is 37.7. The zero-order valence-corrected chi connectivity index (χ0v) is 17.6. The predicted octanol–water partition coefficient (Wildman–Crippen LogP) is 3.49. The highest BCUT2D eigenvalue weighted by molar-refractivity contribution is 7.90. The minimum Gasteiger partial charge on any atom is -0.494 e. The van der Waals surface area contributed by atoms with E-state index in [0.29, 0.717) is 6.61 Å². The third-order valence-electron chi connectivity index (χ3n) is 5.17. The van der Waals surface area contributed by atoms with Crippen LogP contribution in [0.1, 0.15) is 6.42 Å². The highest BCUT2D eigenvalue weighted by Gasteiger charge is 2.15. The molecule has 0 aliphatic carbocycles. The van der Waals surface area contributed by atoms with Crippen LogP contribution in [0.3, 0.4) is 0 Å². The maximum Gasteiger partial charge on any atom is 0.267 e. The summed E-state index contributed by atoms with van der Waals surface area (Å²) in [7, 11) is -3.55. The van der Waals surface area contributed by atoms with Crippen LogP contribution in [-0.2, 0) is 14.8 Å². The van der Waals surface area contributed by atoms with Crippen molar-refractivity contribution in [1.29, 1.82) is 0 Å². The minimum absolute atomic E-state index is 0.262. The quantitative estimate of drug-likeness (QED) is 0.516. The molecule has 0 radical (unpaired) electrons. The molecule has 3 aromatic rings. The zero-order chi connectivity index (χ0) is 20.8. The lowest BCUT2D eigenvalue weighted by atomic mass is 10.1. The minimum atomic E-state index is -3.55. The fourth-order valence-electron chi connectivity index (χ4n) is 3.49. The second-order valence-electron chi connectivity index (χ2n) is 7.23.